The van der Waals surface area contributed by atoms with Crippen molar-refractivity contribution in [1.82, 2.24) is 15.5 Å². The van der Waals surface area contributed by atoms with Crippen LogP contribution in [0.5, 0.6) is 0 Å². The van der Waals surface area contributed by atoms with Gasteiger partial charge in [0.25, 0.3) is 0 Å². The number of hydrogen-bond donors (Lipinski definition) is 3. The number of carbonyl (C=O) groups excluding carboxylic acids is 3. The van der Waals surface area contributed by atoms with Gasteiger partial charge in [-0.2, -0.15) is 0 Å². The van der Waals surface area contributed by atoms with E-state index >= 15 is 0 Å². The average Bonchev–Trinajstić information content (AvgIpc) is 2.69. The summed E-state index contributed by atoms with van der Waals surface area (Å²) >= 11 is 0. The minimum Gasteiger partial charge on any atom is -0.394 e. The van der Waals surface area contributed by atoms with Crippen LogP contribution in [-0.2, 0) is 9.59 Å². The molecule has 3 rings (SSSR count). The van der Waals surface area contributed by atoms with Gasteiger partial charge in [-0.05, 0) is 31.0 Å². The van der Waals surface area contributed by atoms with Gasteiger partial charge >= 0.3 is 0 Å². The van der Waals surface area contributed by atoms with Crippen LogP contribution in [0, 0.1) is 5.92 Å². The van der Waals surface area contributed by atoms with Gasteiger partial charge in [0.15, 0.2) is 5.78 Å². The van der Waals surface area contributed by atoms with Crippen molar-refractivity contribution in [2.45, 2.75) is 38.8 Å². The number of aliphatic hydroxyl groups excluding tert-OH is 1. The van der Waals surface area contributed by atoms with Crippen molar-refractivity contribution in [3.63, 3.8) is 0 Å². The zero-order valence-corrected chi connectivity index (χ0v) is 16.3. The molecule has 0 spiro atoms. The van der Waals surface area contributed by atoms with Crippen LogP contribution in [0.25, 0.3) is 5.57 Å². The highest BCUT2D eigenvalue weighted by Crippen LogP contribution is 2.41. The topological polar surface area (TPSA) is 98.7 Å². The Morgan fingerprint density at radius 3 is 2.71 bits per heavy atom. The SMILES string of the molecule is CCCN1C[C@H](C(=O)NC(C)CO)C(NC=O)=C2c3ccccc3C(=O)CC21. The molecule has 2 unspecified atom stereocenters. The van der Waals surface area contributed by atoms with E-state index in [0.29, 0.717) is 30.6 Å². The first kappa shape index (κ1) is 20.2. The fourth-order valence-electron chi connectivity index (χ4n) is 4.18. The van der Waals surface area contributed by atoms with E-state index in [1.807, 2.05) is 18.2 Å². The van der Waals surface area contributed by atoms with Crippen LogP contribution in [0.15, 0.2) is 30.0 Å². The minimum atomic E-state index is -0.585. The molecule has 1 aromatic carbocycles. The van der Waals surface area contributed by atoms with Crippen LogP contribution in [0.4, 0.5) is 0 Å². The van der Waals surface area contributed by atoms with Crippen LogP contribution in [0.2, 0.25) is 0 Å². The highest BCUT2D eigenvalue weighted by atomic mass is 16.3. The Balaban J connectivity index is 2.14. The Bertz CT molecular complexity index is 805. The van der Waals surface area contributed by atoms with Gasteiger partial charge in [-0.3, -0.25) is 19.3 Å². The first-order valence-corrected chi connectivity index (χ1v) is 9.73. The molecule has 1 aliphatic carbocycles. The zero-order chi connectivity index (χ0) is 20.3. The molecule has 28 heavy (non-hydrogen) atoms. The van der Waals surface area contributed by atoms with Gasteiger partial charge in [0.2, 0.25) is 12.3 Å². The number of hydrogen-bond acceptors (Lipinski definition) is 5. The number of aliphatic hydroxyl groups is 1. The molecule has 0 bridgehead atoms. The second-order valence-electron chi connectivity index (χ2n) is 7.42. The summed E-state index contributed by atoms with van der Waals surface area (Å²) in [5, 5.41) is 14.9. The number of ketones is 1. The summed E-state index contributed by atoms with van der Waals surface area (Å²) < 4.78 is 0. The smallest absolute Gasteiger partial charge is 0.230 e. The molecule has 0 radical (unpaired) electrons. The van der Waals surface area contributed by atoms with E-state index in [2.05, 4.69) is 22.5 Å². The van der Waals surface area contributed by atoms with E-state index in [1.165, 1.54) is 0 Å². The molecule has 0 fully saturated rings. The minimum absolute atomic E-state index is 0.0766. The molecule has 3 N–H and O–H groups in total. The van der Waals surface area contributed by atoms with Crippen molar-refractivity contribution in [2.75, 3.05) is 19.7 Å². The lowest BCUT2D eigenvalue weighted by molar-refractivity contribution is -0.125. The van der Waals surface area contributed by atoms with Crippen LogP contribution in [-0.4, -0.2) is 59.9 Å². The molecule has 0 saturated heterocycles. The zero-order valence-electron chi connectivity index (χ0n) is 16.3. The van der Waals surface area contributed by atoms with E-state index in [-0.39, 0.29) is 30.4 Å². The lowest BCUT2D eigenvalue weighted by atomic mass is 9.76. The fraction of sp³-hybridized carbons (Fsp3) is 0.476. The van der Waals surface area contributed by atoms with Crippen LogP contribution < -0.4 is 10.6 Å². The number of fused-ring (bicyclic) bond motifs is 3. The van der Waals surface area contributed by atoms with Gasteiger partial charge in [0.05, 0.1) is 12.5 Å². The van der Waals surface area contributed by atoms with Gasteiger partial charge in [-0.15, -0.1) is 0 Å². The highest BCUT2D eigenvalue weighted by Gasteiger charge is 2.43. The standard InChI is InChI=1S/C21H27N3O4/c1-3-8-24-10-16(21(28)23-13(2)11-25)20(22-12-26)19-15-7-5-4-6-14(15)18(27)9-17(19)24/h4-7,12-13,16-17,25H,3,8-11H2,1-2H3,(H,22,26)(H,23,28)/t13?,16-,17?/m0/s1. The maximum absolute atomic E-state index is 12.9. The van der Waals surface area contributed by atoms with E-state index in [4.69, 9.17) is 0 Å². The monoisotopic (exact) mass is 385 g/mol. The summed E-state index contributed by atoms with van der Waals surface area (Å²) in [7, 11) is 0. The maximum atomic E-state index is 12.9. The third kappa shape index (κ3) is 3.72. The normalized spacial score (nSPS) is 22.9. The Morgan fingerprint density at radius 2 is 2.07 bits per heavy atom. The van der Waals surface area contributed by atoms with E-state index in [1.54, 1.807) is 13.0 Å². The van der Waals surface area contributed by atoms with Gasteiger partial charge in [-0.1, -0.05) is 31.2 Å². The van der Waals surface area contributed by atoms with E-state index in [0.717, 1.165) is 24.1 Å². The number of benzene rings is 1. The summed E-state index contributed by atoms with van der Waals surface area (Å²) in [5.74, 6) is -0.752. The molecule has 1 aromatic rings. The Kier molecular flexibility index (Phi) is 6.26. The number of nitrogens with zero attached hydrogens (tertiary/aromatic N) is 1. The second-order valence-corrected chi connectivity index (χ2v) is 7.42. The number of Topliss-reactive ketones (excluding diaryl/α,β-unsaturated/α-hetero) is 1. The lowest BCUT2D eigenvalue weighted by Crippen LogP contribution is -2.54. The quantitative estimate of drug-likeness (QED) is 0.607. The van der Waals surface area contributed by atoms with Gasteiger partial charge < -0.3 is 15.7 Å². The summed E-state index contributed by atoms with van der Waals surface area (Å²) in [5.41, 5.74) is 2.80. The second kappa shape index (κ2) is 8.67. The average molecular weight is 385 g/mol. The van der Waals surface area contributed by atoms with Crippen molar-refractivity contribution in [3.8, 4) is 0 Å². The Morgan fingerprint density at radius 1 is 1.36 bits per heavy atom. The number of carbonyl (C=O) groups is 3. The van der Waals surface area contributed by atoms with Gasteiger partial charge in [0, 0.05) is 36.3 Å². The molecule has 1 aliphatic heterocycles. The molecule has 2 amide bonds. The van der Waals surface area contributed by atoms with Crippen LogP contribution in [0.1, 0.15) is 42.6 Å². The summed E-state index contributed by atoms with van der Waals surface area (Å²) in [6.07, 6.45) is 1.80. The molecule has 7 nitrogen and oxygen atoms in total. The number of amides is 2. The van der Waals surface area contributed by atoms with Crippen molar-refractivity contribution >= 4 is 23.7 Å². The molecule has 7 heteroatoms. The fourth-order valence-corrected chi connectivity index (χ4v) is 4.18. The van der Waals surface area contributed by atoms with Gasteiger partial charge in [-0.25, -0.2) is 0 Å². The molecule has 3 atom stereocenters. The third-order valence-electron chi connectivity index (χ3n) is 5.43. The number of nitrogens with one attached hydrogen (secondary N) is 2. The first-order valence-electron chi connectivity index (χ1n) is 9.73. The molecule has 0 saturated carbocycles. The highest BCUT2D eigenvalue weighted by molar-refractivity contribution is 6.06. The summed E-state index contributed by atoms with van der Waals surface area (Å²) in [6.45, 7) is 4.78. The lowest BCUT2D eigenvalue weighted by Gasteiger charge is -2.44. The molecular weight excluding hydrogens is 358 g/mol. The Labute approximate surface area is 164 Å². The first-order chi connectivity index (χ1) is 13.5. The van der Waals surface area contributed by atoms with Gasteiger partial charge in [0.1, 0.15) is 0 Å². The largest absolute Gasteiger partial charge is 0.394 e. The van der Waals surface area contributed by atoms with Crippen LogP contribution >= 0.6 is 0 Å². The third-order valence-corrected chi connectivity index (χ3v) is 5.43. The predicted octanol–water partition coefficient (Wildman–Crippen LogP) is 0.938. The van der Waals surface area contributed by atoms with Crippen molar-refractivity contribution in [3.05, 3.63) is 41.1 Å². The van der Waals surface area contributed by atoms with Crippen LogP contribution in [0.3, 0.4) is 0 Å². The maximum Gasteiger partial charge on any atom is 0.230 e. The molecule has 0 aromatic heterocycles. The molecule has 1 heterocycles. The summed E-state index contributed by atoms with van der Waals surface area (Å²) in [4.78, 5) is 39.2. The van der Waals surface area contributed by atoms with E-state index < -0.39 is 5.92 Å². The Hall–Kier alpha value is -2.51. The van der Waals surface area contributed by atoms with Crippen molar-refractivity contribution in [2.24, 2.45) is 5.92 Å². The molecule has 2 aliphatic rings. The molecule has 150 valence electrons. The van der Waals surface area contributed by atoms with E-state index in [9.17, 15) is 19.5 Å². The van der Waals surface area contributed by atoms with Crippen molar-refractivity contribution < 1.29 is 19.5 Å². The number of rotatable bonds is 7. The molecular formula is C21H27N3O4. The van der Waals surface area contributed by atoms with Crippen molar-refractivity contribution in [1.29, 1.82) is 0 Å². The summed E-state index contributed by atoms with van der Waals surface area (Å²) in [6, 6.07) is 6.81. The predicted molar refractivity (Wildman–Crippen MR) is 105 cm³/mol.